The monoisotopic (exact) mass is 307 g/mol. The lowest BCUT2D eigenvalue weighted by atomic mass is 10.1. The van der Waals surface area contributed by atoms with Crippen LogP contribution in [0.1, 0.15) is 0 Å². The Hall–Kier alpha value is -1.72. The lowest BCUT2D eigenvalue weighted by Gasteiger charge is -2.10. The first kappa shape index (κ1) is 13.3. The molecule has 0 atom stereocenters. The zero-order valence-electron chi connectivity index (χ0n) is 10.9. The van der Waals surface area contributed by atoms with E-state index in [-0.39, 0.29) is 5.82 Å². The van der Waals surface area contributed by atoms with Crippen molar-refractivity contribution in [2.24, 2.45) is 0 Å². The van der Waals surface area contributed by atoms with Crippen LogP contribution in [-0.4, -0.2) is 24.1 Å². The molecule has 0 aliphatic heterocycles. The fourth-order valence-electron chi connectivity index (χ4n) is 1.93. The topological polar surface area (TPSA) is 29.0 Å². The maximum atomic E-state index is 13.0. The van der Waals surface area contributed by atoms with Crippen LogP contribution in [0.5, 0.6) is 0 Å². The van der Waals surface area contributed by atoms with Crippen LogP contribution in [-0.2, 0) is 0 Å². The van der Waals surface area contributed by atoms with Gasteiger partial charge in [-0.3, -0.25) is 0 Å². The Morgan fingerprint density at radius 2 is 1.85 bits per heavy atom. The molecule has 0 saturated carbocycles. The zero-order valence-corrected chi connectivity index (χ0v) is 12.5. The summed E-state index contributed by atoms with van der Waals surface area (Å²) in [6.45, 7) is 0. The van der Waals surface area contributed by atoms with Crippen molar-refractivity contribution in [1.82, 2.24) is 9.97 Å². The van der Waals surface area contributed by atoms with Gasteiger partial charge in [0.15, 0.2) is 0 Å². The van der Waals surface area contributed by atoms with Crippen molar-refractivity contribution < 1.29 is 4.39 Å². The minimum absolute atomic E-state index is 0.259. The van der Waals surface area contributed by atoms with Gasteiger partial charge in [0.05, 0.1) is 5.39 Å². The third-order valence-electron chi connectivity index (χ3n) is 2.93. The van der Waals surface area contributed by atoms with Crippen molar-refractivity contribution in [1.29, 1.82) is 0 Å². The van der Waals surface area contributed by atoms with E-state index in [0.29, 0.717) is 11.1 Å². The Morgan fingerprint density at radius 3 is 2.50 bits per heavy atom. The summed E-state index contributed by atoms with van der Waals surface area (Å²) < 4.78 is 13.0. The normalized spacial score (nSPS) is 11.0. The van der Waals surface area contributed by atoms with Gasteiger partial charge >= 0.3 is 0 Å². The fourth-order valence-corrected chi connectivity index (χ4v) is 3.20. The number of rotatable bonds is 2. The highest BCUT2D eigenvalue weighted by molar-refractivity contribution is 7.17. The number of benzene rings is 1. The van der Waals surface area contributed by atoms with Crippen LogP contribution in [0.15, 0.2) is 29.6 Å². The largest absolute Gasteiger partial charge is 0.347 e. The van der Waals surface area contributed by atoms with Gasteiger partial charge in [0.25, 0.3) is 0 Å². The highest BCUT2D eigenvalue weighted by Gasteiger charge is 2.14. The first-order valence-electron chi connectivity index (χ1n) is 5.94. The van der Waals surface area contributed by atoms with Crippen LogP contribution >= 0.6 is 22.9 Å². The van der Waals surface area contributed by atoms with Gasteiger partial charge in [-0.2, -0.15) is 0 Å². The van der Waals surface area contributed by atoms with E-state index >= 15 is 0 Å². The molecule has 0 N–H and O–H groups in total. The second-order valence-corrected chi connectivity index (χ2v) is 5.76. The molecule has 0 spiro atoms. The summed E-state index contributed by atoms with van der Waals surface area (Å²) in [5, 5.41) is 3.20. The molecule has 6 heteroatoms. The predicted octanol–water partition coefficient (Wildman–Crippen LogP) is 4.22. The molecule has 0 unspecified atom stereocenters. The average molecular weight is 308 g/mol. The standard InChI is InChI=1S/C14H11ClFN3S/c1-19(2)14-17-12(15)11-10(7-20-13(11)18-14)8-3-5-9(16)6-4-8/h3-7H,1-2H3. The highest BCUT2D eigenvalue weighted by Crippen LogP contribution is 2.37. The lowest BCUT2D eigenvalue weighted by Crippen LogP contribution is -2.12. The summed E-state index contributed by atoms with van der Waals surface area (Å²) >= 11 is 7.79. The van der Waals surface area contributed by atoms with Gasteiger partial charge in [-0.15, -0.1) is 11.3 Å². The van der Waals surface area contributed by atoms with Crippen LogP contribution in [0.2, 0.25) is 5.15 Å². The minimum atomic E-state index is -0.259. The maximum absolute atomic E-state index is 13.0. The van der Waals surface area contributed by atoms with Gasteiger partial charge in [0.2, 0.25) is 5.95 Å². The summed E-state index contributed by atoms with van der Waals surface area (Å²) in [4.78, 5) is 11.4. The summed E-state index contributed by atoms with van der Waals surface area (Å²) in [6, 6.07) is 6.32. The SMILES string of the molecule is CN(C)c1nc(Cl)c2c(-c3ccc(F)cc3)csc2n1. The number of anilines is 1. The van der Waals surface area contributed by atoms with E-state index in [2.05, 4.69) is 9.97 Å². The quantitative estimate of drug-likeness (QED) is 0.664. The van der Waals surface area contributed by atoms with Gasteiger partial charge < -0.3 is 4.90 Å². The lowest BCUT2D eigenvalue weighted by molar-refractivity contribution is 0.628. The molecule has 1 aromatic carbocycles. The Kier molecular flexibility index (Phi) is 3.31. The molecule has 0 radical (unpaired) electrons. The number of fused-ring (bicyclic) bond motifs is 1. The van der Waals surface area contributed by atoms with Gasteiger partial charge in [-0.1, -0.05) is 23.7 Å². The summed E-state index contributed by atoms with van der Waals surface area (Å²) in [7, 11) is 3.73. The Bertz CT molecular complexity index is 768. The molecule has 20 heavy (non-hydrogen) atoms. The average Bonchev–Trinajstić information content (AvgIpc) is 2.84. The number of thiophene rings is 1. The van der Waals surface area contributed by atoms with Crippen molar-refractivity contribution >= 4 is 39.1 Å². The van der Waals surface area contributed by atoms with Crippen molar-refractivity contribution in [3.8, 4) is 11.1 Å². The van der Waals surface area contributed by atoms with Crippen LogP contribution < -0.4 is 4.90 Å². The molecule has 0 bridgehead atoms. The van der Waals surface area contributed by atoms with Crippen molar-refractivity contribution in [3.05, 3.63) is 40.6 Å². The second kappa shape index (κ2) is 5.00. The van der Waals surface area contributed by atoms with Crippen LogP contribution in [0.4, 0.5) is 10.3 Å². The molecule has 3 aromatic rings. The number of halogens is 2. The molecule has 0 saturated heterocycles. The number of hydrogen-bond donors (Lipinski definition) is 0. The molecule has 2 heterocycles. The van der Waals surface area contributed by atoms with Crippen molar-refractivity contribution in [2.75, 3.05) is 19.0 Å². The minimum Gasteiger partial charge on any atom is -0.347 e. The highest BCUT2D eigenvalue weighted by atomic mass is 35.5. The fraction of sp³-hybridized carbons (Fsp3) is 0.143. The van der Waals surface area contributed by atoms with Crippen molar-refractivity contribution in [3.63, 3.8) is 0 Å². The molecule has 3 nitrogen and oxygen atoms in total. The van der Waals surface area contributed by atoms with E-state index in [1.807, 2.05) is 24.4 Å². The van der Waals surface area contributed by atoms with Gasteiger partial charge in [0.1, 0.15) is 15.8 Å². The molecular formula is C14H11ClFN3S. The second-order valence-electron chi connectivity index (χ2n) is 4.55. The Labute approximate surface area is 124 Å². The first-order chi connectivity index (χ1) is 9.56. The number of aromatic nitrogens is 2. The van der Waals surface area contributed by atoms with E-state index in [0.717, 1.165) is 21.3 Å². The van der Waals surface area contributed by atoms with Gasteiger partial charge in [0, 0.05) is 25.0 Å². The molecule has 0 fully saturated rings. The summed E-state index contributed by atoms with van der Waals surface area (Å²) in [6.07, 6.45) is 0. The summed E-state index contributed by atoms with van der Waals surface area (Å²) in [5.41, 5.74) is 1.83. The first-order valence-corrected chi connectivity index (χ1v) is 7.20. The van der Waals surface area contributed by atoms with Crippen LogP contribution in [0.25, 0.3) is 21.3 Å². The molecule has 0 amide bonds. The maximum Gasteiger partial charge on any atom is 0.227 e. The van der Waals surface area contributed by atoms with E-state index in [4.69, 9.17) is 11.6 Å². The smallest absolute Gasteiger partial charge is 0.227 e. The summed E-state index contributed by atoms with van der Waals surface area (Å²) in [5.74, 6) is 0.320. The molecular weight excluding hydrogens is 297 g/mol. The predicted molar refractivity (Wildman–Crippen MR) is 82.1 cm³/mol. The van der Waals surface area contributed by atoms with Crippen molar-refractivity contribution in [2.45, 2.75) is 0 Å². The zero-order chi connectivity index (χ0) is 14.3. The van der Waals surface area contributed by atoms with Crippen LogP contribution in [0, 0.1) is 5.82 Å². The van der Waals surface area contributed by atoms with Crippen LogP contribution in [0.3, 0.4) is 0 Å². The number of nitrogens with zero attached hydrogens (tertiary/aromatic N) is 3. The van der Waals surface area contributed by atoms with E-state index < -0.39 is 0 Å². The van der Waals surface area contributed by atoms with E-state index in [9.17, 15) is 4.39 Å². The van der Waals surface area contributed by atoms with E-state index in [1.165, 1.54) is 23.5 Å². The molecule has 2 aromatic heterocycles. The molecule has 0 aliphatic rings. The Morgan fingerprint density at radius 1 is 1.15 bits per heavy atom. The van der Waals surface area contributed by atoms with Gasteiger partial charge in [-0.05, 0) is 17.7 Å². The third-order valence-corrected chi connectivity index (χ3v) is 4.08. The third kappa shape index (κ3) is 2.23. The molecule has 102 valence electrons. The molecule has 0 aliphatic carbocycles. The van der Waals surface area contributed by atoms with Gasteiger partial charge in [-0.25, -0.2) is 14.4 Å². The number of hydrogen-bond acceptors (Lipinski definition) is 4. The Balaban J connectivity index is 2.21. The molecule has 3 rings (SSSR count). The van der Waals surface area contributed by atoms with E-state index in [1.54, 1.807) is 12.1 Å².